The van der Waals surface area contributed by atoms with Crippen molar-refractivity contribution in [1.82, 2.24) is 15.5 Å². The van der Waals surface area contributed by atoms with Gasteiger partial charge >= 0.3 is 0 Å². The number of aliphatic hydroxyl groups is 1. The fourth-order valence-corrected chi connectivity index (χ4v) is 2.50. The molecule has 0 spiro atoms. The lowest BCUT2D eigenvalue weighted by atomic mass is 10.1. The summed E-state index contributed by atoms with van der Waals surface area (Å²) in [5, 5.41) is 24.6. The molecule has 0 aliphatic carbocycles. The number of benzene rings is 1. The average molecular weight is 377 g/mol. The second-order valence-electron chi connectivity index (χ2n) is 7.68. The minimum Gasteiger partial charge on any atom is -0.490 e. The lowest BCUT2D eigenvalue weighted by Gasteiger charge is -2.23. The van der Waals surface area contributed by atoms with Crippen LogP contribution in [0.25, 0.3) is 11.5 Å². The van der Waals surface area contributed by atoms with E-state index in [4.69, 9.17) is 9.15 Å². The molecule has 1 unspecified atom stereocenters. The molecule has 1 aromatic heterocycles. The molecule has 0 aliphatic rings. The zero-order chi connectivity index (χ0) is 19.7. The fourth-order valence-electron chi connectivity index (χ4n) is 2.50. The summed E-state index contributed by atoms with van der Waals surface area (Å²) in [7, 11) is 0. The monoisotopic (exact) mass is 376 g/mol. The van der Waals surface area contributed by atoms with Crippen LogP contribution in [0.1, 0.15) is 47.0 Å². The van der Waals surface area contributed by atoms with Crippen LogP contribution in [0.3, 0.4) is 0 Å². The summed E-state index contributed by atoms with van der Waals surface area (Å²) in [5.41, 5.74) is 1.63. The van der Waals surface area contributed by atoms with Crippen LogP contribution in [-0.2, 0) is 0 Å². The zero-order valence-electron chi connectivity index (χ0n) is 16.8. The third-order valence-electron chi connectivity index (χ3n) is 3.98. The first kappa shape index (κ1) is 21.2. The van der Waals surface area contributed by atoms with Gasteiger partial charge in [0.15, 0.2) is 0 Å². The van der Waals surface area contributed by atoms with E-state index in [1.54, 1.807) is 0 Å². The molecule has 1 atom stereocenters. The Labute approximate surface area is 161 Å². The molecule has 2 aromatic rings. The Hall–Kier alpha value is -2.12. The van der Waals surface area contributed by atoms with Crippen LogP contribution < -0.4 is 15.4 Å². The minimum absolute atomic E-state index is 0.0546. The first-order valence-corrected chi connectivity index (χ1v) is 9.59. The molecule has 0 saturated carbocycles. The molecule has 2 rings (SSSR count). The third-order valence-corrected chi connectivity index (χ3v) is 3.98. The van der Waals surface area contributed by atoms with Gasteiger partial charge in [0.2, 0.25) is 6.39 Å². The molecule has 0 amide bonds. The second-order valence-corrected chi connectivity index (χ2v) is 7.68. The van der Waals surface area contributed by atoms with Gasteiger partial charge in [0, 0.05) is 24.3 Å². The van der Waals surface area contributed by atoms with Gasteiger partial charge in [-0.05, 0) is 45.4 Å². The van der Waals surface area contributed by atoms with Gasteiger partial charge in [0.05, 0.1) is 5.56 Å². The molecule has 1 heterocycles. The van der Waals surface area contributed by atoms with Crippen molar-refractivity contribution in [3.63, 3.8) is 0 Å². The summed E-state index contributed by atoms with van der Waals surface area (Å²) < 4.78 is 11.2. The molecule has 0 saturated heterocycles. The Kier molecular flexibility index (Phi) is 8.06. The number of anilines is 1. The number of aromatic nitrogens is 2. The SMILES string of the molecule is CCCCCNc1ccc(OCC(O)CNC(C)(C)C)c(-c2nnco2)c1. The van der Waals surface area contributed by atoms with Gasteiger partial charge in [0.25, 0.3) is 5.89 Å². The van der Waals surface area contributed by atoms with Crippen molar-refractivity contribution in [2.45, 2.75) is 58.6 Å². The quantitative estimate of drug-likeness (QED) is 0.517. The molecule has 27 heavy (non-hydrogen) atoms. The third kappa shape index (κ3) is 7.56. The van der Waals surface area contributed by atoms with Crippen molar-refractivity contribution in [3.8, 4) is 17.2 Å². The van der Waals surface area contributed by atoms with Gasteiger partial charge in [-0.1, -0.05) is 19.8 Å². The van der Waals surface area contributed by atoms with Crippen molar-refractivity contribution in [3.05, 3.63) is 24.6 Å². The summed E-state index contributed by atoms with van der Waals surface area (Å²) in [4.78, 5) is 0. The number of hydrogen-bond donors (Lipinski definition) is 3. The molecule has 0 bridgehead atoms. The van der Waals surface area contributed by atoms with Gasteiger partial charge in [-0.25, -0.2) is 0 Å². The van der Waals surface area contributed by atoms with Crippen LogP contribution in [0, 0.1) is 0 Å². The molecular formula is C20H32N4O3. The summed E-state index contributed by atoms with van der Waals surface area (Å²) in [6.07, 6.45) is 4.19. The molecule has 150 valence electrons. The van der Waals surface area contributed by atoms with E-state index in [2.05, 4.69) is 48.5 Å². The van der Waals surface area contributed by atoms with Crippen molar-refractivity contribution >= 4 is 5.69 Å². The molecule has 0 radical (unpaired) electrons. The Balaban J connectivity index is 2.02. The number of aliphatic hydroxyl groups excluding tert-OH is 1. The van der Waals surface area contributed by atoms with Crippen molar-refractivity contribution in [2.75, 3.05) is 25.0 Å². The van der Waals surface area contributed by atoms with Gasteiger partial charge in [0.1, 0.15) is 18.5 Å². The number of hydrogen-bond acceptors (Lipinski definition) is 7. The highest BCUT2D eigenvalue weighted by atomic mass is 16.5. The normalized spacial score (nSPS) is 12.8. The molecule has 1 aromatic carbocycles. The molecule has 0 aliphatic heterocycles. The Morgan fingerprint density at radius 2 is 2.07 bits per heavy atom. The predicted octanol–water partition coefficient (Wildman–Crippen LogP) is 3.47. The number of nitrogens with one attached hydrogen (secondary N) is 2. The van der Waals surface area contributed by atoms with Gasteiger partial charge in [-0.15, -0.1) is 10.2 Å². The molecule has 7 nitrogen and oxygen atoms in total. The maximum atomic E-state index is 10.2. The second kappa shape index (κ2) is 10.3. The predicted molar refractivity (Wildman–Crippen MR) is 107 cm³/mol. The van der Waals surface area contributed by atoms with E-state index in [0.717, 1.165) is 18.7 Å². The number of β-amino-alcohol motifs (C(OH)–C–C–N with tert-alkyl or cyclic N) is 1. The first-order valence-electron chi connectivity index (χ1n) is 9.59. The van der Waals surface area contributed by atoms with Gasteiger partial charge < -0.3 is 24.9 Å². The van der Waals surface area contributed by atoms with Crippen molar-refractivity contribution in [1.29, 1.82) is 0 Å². The van der Waals surface area contributed by atoms with Crippen LogP contribution in [0.2, 0.25) is 0 Å². The molecule has 7 heteroatoms. The molecule has 3 N–H and O–H groups in total. The summed E-state index contributed by atoms with van der Waals surface area (Å²) >= 11 is 0. The lowest BCUT2D eigenvalue weighted by Crippen LogP contribution is -2.42. The summed E-state index contributed by atoms with van der Waals surface area (Å²) in [6.45, 7) is 9.89. The van der Waals surface area contributed by atoms with Crippen LogP contribution in [0.4, 0.5) is 5.69 Å². The van der Waals surface area contributed by atoms with E-state index in [9.17, 15) is 5.11 Å². The van der Waals surface area contributed by atoms with Crippen molar-refractivity contribution in [2.24, 2.45) is 0 Å². The highest BCUT2D eigenvalue weighted by Crippen LogP contribution is 2.31. The van der Waals surface area contributed by atoms with E-state index in [1.807, 2.05) is 18.2 Å². The van der Waals surface area contributed by atoms with E-state index in [1.165, 1.54) is 19.2 Å². The van der Waals surface area contributed by atoms with E-state index >= 15 is 0 Å². The standard InChI is InChI=1S/C20H32N4O3/c1-5-6-7-10-21-15-8-9-18(17(11-15)19-24-23-14-27-19)26-13-16(25)12-22-20(2,3)4/h8-9,11,14,16,21-22,25H,5-7,10,12-13H2,1-4H3. The summed E-state index contributed by atoms with van der Waals surface area (Å²) in [5.74, 6) is 0.998. The molecular weight excluding hydrogens is 344 g/mol. The van der Waals surface area contributed by atoms with E-state index in [-0.39, 0.29) is 12.1 Å². The molecule has 0 fully saturated rings. The average Bonchev–Trinajstić information content (AvgIpc) is 3.16. The first-order chi connectivity index (χ1) is 12.9. The number of ether oxygens (including phenoxy) is 1. The largest absolute Gasteiger partial charge is 0.490 e. The van der Waals surface area contributed by atoms with E-state index < -0.39 is 6.10 Å². The van der Waals surface area contributed by atoms with Crippen molar-refractivity contribution < 1.29 is 14.3 Å². The van der Waals surface area contributed by atoms with Crippen LogP contribution >= 0.6 is 0 Å². The topological polar surface area (TPSA) is 92.4 Å². The van der Waals surface area contributed by atoms with Crippen LogP contribution in [0.5, 0.6) is 5.75 Å². The smallest absolute Gasteiger partial charge is 0.251 e. The fraction of sp³-hybridized carbons (Fsp3) is 0.600. The Morgan fingerprint density at radius 1 is 1.26 bits per heavy atom. The van der Waals surface area contributed by atoms with Crippen LogP contribution in [-0.4, -0.2) is 46.6 Å². The van der Waals surface area contributed by atoms with Crippen LogP contribution in [0.15, 0.2) is 29.0 Å². The number of rotatable bonds is 11. The maximum absolute atomic E-state index is 10.2. The van der Waals surface area contributed by atoms with E-state index in [0.29, 0.717) is 23.7 Å². The van der Waals surface area contributed by atoms with Gasteiger partial charge in [-0.2, -0.15) is 0 Å². The highest BCUT2D eigenvalue weighted by Gasteiger charge is 2.16. The Bertz CT molecular complexity index is 668. The maximum Gasteiger partial charge on any atom is 0.251 e. The lowest BCUT2D eigenvalue weighted by molar-refractivity contribution is 0.100. The Morgan fingerprint density at radius 3 is 2.74 bits per heavy atom. The number of unbranched alkanes of at least 4 members (excludes halogenated alkanes) is 2. The minimum atomic E-state index is -0.619. The zero-order valence-corrected chi connectivity index (χ0v) is 16.8. The summed E-state index contributed by atoms with van der Waals surface area (Å²) in [6, 6.07) is 5.76. The number of nitrogens with zero attached hydrogens (tertiary/aromatic N) is 2. The highest BCUT2D eigenvalue weighted by molar-refractivity contribution is 5.68. The van der Waals surface area contributed by atoms with Gasteiger partial charge in [-0.3, -0.25) is 0 Å².